The Morgan fingerprint density at radius 1 is 1.24 bits per heavy atom. The third kappa shape index (κ3) is 5.67. The summed E-state index contributed by atoms with van der Waals surface area (Å²) in [5, 5.41) is 2.98. The van der Waals surface area contributed by atoms with Gasteiger partial charge in [-0.3, -0.25) is 9.59 Å². The predicted octanol–water partition coefficient (Wildman–Crippen LogP) is 2.38. The number of amides is 1. The average molecular weight is 494 g/mol. The van der Waals surface area contributed by atoms with Crippen LogP contribution in [-0.4, -0.2) is 59.3 Å². The molecular formula is C21H24ClN5O5S. The van der Waals surface area contributed by atoms with Crippen LogP contribution in [0.2, 0.25) is 5.02 Å². The molecule has 2 aromatic heterocycles. The Labute approximate surface area is 196 Å². The van der Waals surface area contributed by atoms with E-state index in [1.807, 2.05) is 0 Å². The summed E-state index contributed by atoms with van der Waals surface area (Å²) < 4.78 is 32.8. The molecule has 12 heteroatoms. The first-order valence-corrected chi connectivity index (χ1v) is 11.8. The van der Waals surface area contributed by atoms with Crippen LogP contribution >= 0.6 is 11.6 Å². The molecular weight excluding hydrogens is 470 g/mol. The van der Waals surface area contributed by atoms with E-state index in [1.165, 1.54) is 45.4 Å². The Balaban J connectivity index is 1.62. The number of imidazole rings is 1. The summed E-state index contributed by atoms with van der Waals surface area (Å²) in [4.78, 5) is 33.0. The number of benzene rings is 1. The normalized spacial score (nSPS) is 12.7. The molecule has 33 heavy (non-hydrogen) atoms. The van der Waals surface area contributed by atoms with Crippen LogP contribution < -0.4 is 5.32 Å². The summed E-state index contributed by atoms with van der Waals surface area (Å²) in [5.41, 5.74) is 1.24. The average Bonchev–Trinajstić information content (AvgIpc) is 3.08. The number of carbonyl (C=O) groups is 2. The van der Waals surface area contributed by atoms with E-state index in [0.29, 0.717) is 22.2 Å². The van der Waals surface area contributed by atoms with Gasteiger partial charge in [0.25, 0.3) is 5.91 Å². The van der Waals surface area contributed by atoms with Crippen molar-refractivity contribution < 1.29 is 22.7 Å². The van der Waals surface area contributed by atoms with Crippen LogP contribution in [0.4, 0.5) is 5.82 Å². The summed E-state index contributed by atoms with van der Waals surface area (Å²) >= 11 is 5.76. The molecule has 0 aliphatic heterocycles. The smallest absolute Gasteiger partial charge is 0.307 e. The van der Waals surface area contributed by atoms with Crippen molar-refractivity contribution in [3.8, 4) is 0 Å². The van der Waals surface area contributed by atoms with E-state index in [1.54, 1.807) is 23.7 Å². The van der Waals surface area contributed by atoms with Crippen molar-refractivity contribution >= 4 is 50.4 Å². The molecule has 1 aromatic carbocycles. The maximum absolute atomic E-state index is 12.4. The molecule has 0 saturated heterocycles. The number of esters is 1. The molecule has 0 aliphatic rings. The minimum Gasteiger partial charge on any atom is -0.453 e. The molecule has 0 bridgehead atoms. The first-order chi connectivity index (χ1) is 15.5. The Morgan fingerprint density at radius 3 is 2.61 bits per heavy atom. The Kier molecular flexibility index (Phi) is 7.35. The topological polar surface area (TPSA) is 123 Å². The van der Waals surface area contributed by atoms with Crippen molar-refractivity contribution in [1.29, 1.82) is 0 Å². The van der Waals surface area contributed by atoms with Gasteiger partial charge in [-0.2, -0.15) is 0 Å². The van der Waals surface area contributed by atoms with Gasteiger partial charge in [0, 0.05) is 33.8 Å². The number of rotatable bonds is 8. The fourth-order valence-electron chi connectivity index (χ4n) is 3.03. The number of carbonyl (C=O) groups excluding carboxylic acids is 2. The molecule has 1 amide bonds. The minimum absolute atomic E-state index is 0.00314. The lowest BCUT2D eigenvalue weighted by molar-refractivity contribution is -0.153. The molecule has 2 heterocycles. The van der Waals surface area contributed by atoms with E-state index in [4.69, 9.17) is 16.3 Å². The highest BCUT2D eigenvalue weighted by Crippen LogP contribution is 2.22. The summed E-state index contributed by atoms with van der Waals surface area (Å²) in [7, 11) is 1.12. The Morgan fingerprint density at radius 2 is 1.97 bits per heavy atom. The molecule has 0 radical (unpaired) electrons. The first kappa shape index (κ1) is 24.6. The molecule has 3 rings (SSSR count). The molecule has 0 aliphatic carbocycles. The second kappa shape index (κ2) is 9.86. The lowest BCUT2D eigenvalue weighted by atomic mass is 10.3. The Bertz CT molecular complexity index is 1290. The molecule has 0 saturated carbocycles. The maximum Gasteiger partial charge on any atom is 0.307 e. The van der Waals surface area contributed by atoms with E-state index in [9.17, 15) is 18.0 Å². The van der Waals surface area contributed by atoms with Crippen molar-refractivity contribution in [2.75, 3.05) is 19.4 Å². The van der Waals surface area contributed by atoms with Crippen molar-refractivity contribution in [3.05, 3.63) is 47.4 Å². The van der Waals surface area contributed by atoms with Crippen LogP contribution in [0.15, 0.2) is 41.4 Å². The zero-order valence-corrected chi connectivity index (χ0v) is 20.1. The molecule has 1 atom stereocenters. The molecule has 176 valence electrons. The largest absolute Gasteiger partial charge is 0.453 e. The van der Waals surface area contributed by atoms with Crippen molar-refractivity contribution in [1.82, 2.24) is 18.8 Å². The highest BCUT2D eigenvalue weighted by Gasteiger charge is 2.21. The number of aromatic nitrogens is 3. The lowest BCUT2D eigenvalue weighted by Crippen LogP contribution is -2.30. The zero-order valence-electron chi connectivity index (χ0n) is 18.6. The number of fused-ring (bicyclic) bond motifs is 1. The number of sulfonamides is 1. The molecule has 3 aromatic rings. The summed E-state index contributed by atoms with van der Waals surface area (Å²) in [5.74, 6) is -0.202. The highest BCUT2D eigenvalue weighted by molar-refractivity contribution is 7.89. The molecule has 0 fully saturated rings. The third-order valence-electron chi connectivity index (χ3n) is 4.93. The van der Waals surface area contributed by atoms with Gasteiger partial charge < -0.3 is 14.6 Å². The van der Waals surface area contributed by atoms with Crippen LogP contribution in [0.1, 0.15) is 19.2 Å². The summed E-state index contributed by atoms with van der Waals surface area (Å²) in [6.45, 7) is 1.46. The van der Waals surface area contributed by atoms with E-state index >= 15 is 0 Å². The van der Waals surface area contributed by atoms with Gasteiger partial charge in [-0.25, -0.2) is 22.7 Å². The number of pyridine rings is 1. The Hall–Kier alpha value is -3.02. The number of hydrogen-bond donors (Lipinski definition) is 1. The molecule has 1 unspecified atom stereocenters. The fourth-order valence-corrected chi connectivity index (χ4v) is 4.06. The van der Waals surface area contributed by atoms with Gasteiger partial charge in [0.05, 0.1) is 27.4 Å². The van der Waals surface area contributed by atoms with Crippen LogP contribution in [0.25, 0.3) is 11.0 Å². The number of nitrogens with one attached hydrogen (secondary N) is 1. The number of hydrogen-bond acceptors (Lipinski definition) is 7. The SMILES string of the molecule is CC(OC(=O)CCc1nc2cc(S(=O)(=O)N(C)C)ccc2n1C)C(=O)Nc1ccc(Cl)cn1. The van der Waals surface area contributed by atoms with Gasteiger partial charge in [-0.05, 0) is 37.3 Å². The van der Waals surface area contributed by atoms with Crippen LogP contribution in [0.3, 0.4) is 0 Å². The van der Waals surface area contributed by atoms with Gasteiger partial charge in [-0.15, -0.1) is 0 Å². The maximum atomic E-state index is 12.4. The van der Waals surface area contributed by atoms with Gasteiger partial charge >= 0.3 is 5.97 Å². The molecule has 0 spiro atoms. The van der Waals surface area contributed by atoms with Gasteiger partial charge in [0.15, 0.2) is 6.10 Å². The number of ether oxygens (including phenoxy) is 1. The lowest BCUT2D eigenvalue weighted by Gasteiger charge is -2.13. The zero-order chi connectivity index (χ0) is 24.3. The summed E-state index contributed by atoms with van der Waals surface area (Å²) in [6.07, 6.45) is 0.627. The van der Waals surface area contributed by atoms with E-state index in [0.717, 1.165) is 9.82 Å². The molecule has 10 nitrogen and oxygen atoms in total. The second-order valence-electron chi connectivity index (χ2n) is 7.51. The van der Waals surface area contributed by atoms with Gasteiger partial charge in [0.1, 0.15) is 11.6 Å². The van der Waals surface area contributed by atoms with E-state index in [2.05, 4.69) is 15.3 Å². The van der Waals surface area contributed by atoms with E-state index < -0.39 is 28.0 Å². The number of nitrogens with zero attached hydrogens (tertiary/aromatic N) is 4. The van der Waals surface area contributed by atoms with Crippen LogP contribution in [0, 0.1) is 0 Å². The monoisotopic (exact) mass is 493 g/mol. The standard InChI is InChI=1S/C21H24ClN5O5S/c1-13(21(29)25-18-8-5-14(22)12-23-18)32-20(28)10-9-19-24-16-11-15(33(30,31)26(2)3)6-7-17(16)27(19)4/h5-8,11-13H,9-10H2,1-4H3,(H,23,25,29). The highest BCUT2D eigenvalue weighted by atomic mass is 35.5. The quantitative estimate of drug-likeness (QED) is 0.478. The summed E-state index contributed by atoms with van der Waals surface area (Å²) in [6, 6.07) is 7.82. The fraction of sp³-hybridized carbons (Fsp3) is 0.333. The van der Waals surface area contributed by atoms with Gasteiger partial charge in [0.2, 0.25) is 10.0 Å². The van der Waals surface area contributed by atoms with Crippen molar-refractivity contribution in [2.45, 2.75) is 30.8 Å². The minimum atomic E-state index is -3.58. The van der Waals surface area contributed by atoms with E-state index in [-0.39, 0.29) is 17.7 Å². The third-order valence-corrected chi connectivity index (χ3v) is 6.97. The number of anilines is 1. The van der Waals surface area contributed by atoms with Crippen LogP contribution in [-0.2, 0) is 37.8 Å². The second-order valence-corrected chi connectivity index (χ2v) is 10.1. The van der Waals surface area contributed by atoms with Crippen LogP contribution in [0.5, 0.6) is 0 Å². The molecule has 1 N–H and O–H groups in total. The number of halogens is 1. The van der Waals surface area contributed by atoms with Gasteiger partial charge in [-0.1, -0.05) is 11.6 Å². The number of aryl methyl sites for hydroxylation is 2. The first-order valence-electron chi connectivity index (χ1n) is 9.99. The van der Waals surface area contributed by atoms with Crippen molar-refractivity contribution in [3.63, 3.8) is 0 Å². The predicted molar refractivity (Wildman–Crippen MR) is 123 cm³/mol. The van der Waals surface area contributed by atoms with Crippen molar-refractivity contribution in [2.24, 2.45) is 7.05 Å².